The van der Waals surface area contributed by atoms with E-state index in [1.54, 1.807) is 0 Å². The standard InChI is InChI=1S/C72H136O17P2/c1-8-10-11-12-13-14-15-16-17-18-19-25-33-41-48-55-71(76)89-68(60-83-70(75)54-47-40-35-28-30-37-44-51-64(5)6)62-87-91(80,81)85-58-66(73)57-84-90(78,79)86-61-67(59-82-69(74)53-46-39-32-27-22-23-29-36-43-50-63(3)4)88-72(77)56-49-42-34-26-21-20-24-31-38-45-52-65(7)9-2/h14-17,63-68,73H,8-13,18-62H2,1-7H3,(H,78,79)(H,80,81)/b15-14-,17-16-/t65?,66?,67-,68-/m1/s1. The Morgan fingerprint density at radius 2 is 0.648 bits per heavy atom. The topological polar surface area (TPSA) is 237 Å². The lowest BCUT2D eigenvalue weighted by Gasteiger charge is -2.21. The van der Waals surface area contributed by atoms with Crippen LogP contribution < -0.4 is 0 Å². The van der Waals surface area contributed by atoms with Gasteiger partial charge in [0, 0.05) is 25.7 Å². The Labute approximate surface area is 554 Å². The van der Waals surface area contributed by atoms with Crippen molar-refractivity contribution >= 4 is 39.5 Å². The number of ether oxygens (including phenoxy) is 4. The van der Waals surface area contributed by atoms with E-state index >= 15 is 0 Å². The van der Waals surface area contributed by atoms with Crippen molar-refractivity contribution in [1.29, 1.82) is 0 Å². The van der Waals surface area contributed by atoms with Crippen LogP contribution in [0.3, 0.4) is 0 Å². The van der Waals surface area contributed by atoms with Crippen LogP contribution >= 0.6 is 15.6 Å². The van der Waals surface area contributed by atoms with Crippen LogP contribution in [-0.2, 0) is 65.4 Å². The number of carbonyl (C=O) groups is 4. The molecule has 4 unspecified atom stereocenters. The maximum Gasteiger partial charge on any atom is 0.472 e. The fourth-order valence-electron chi connectivity index (χ4n) is 10.3. The molecule has 17 nitrogen and oxygen atoms in total. The van der Waals surface area contributed by atoms with Crippen LogP contribution in [0.25, 0.3) is 0 Å². The highest BCUT2D eigenvalue weighted by Gasteiger charge is 2.30. The van der Waals surface area contributed by atoms with Gasteiger partial charge in [-0.1, -0.05) is 285 Å². The highest BCUT2D eigenvalue weighted by molar-refractivity contribution is 7.47. The smallest absolute Gasteiger partial charge is 0.462 e. The molecule has 19 heteroatoms. The molecule has 0 radical (unpaired) electrons. The lowest BCUT2D eigenvalue weighted by molar-refractivity contribution is -0.161. The van der Waals surface area contributed by atoms with Gasteiger partial charge in [0.25, 0.3) is 0 Å². The summed E-state index contributed by atoms with van der Waals surface area (Å²) in [6.45, 7) is 11.7. The van der Waals surface area contributed by atoms with Gasteiger partial charge >= 0.3 is 39.5 Å². The van der Waals surface area contributed by atoms with Gasteiger partial charge in [0.2, 0.25) is 0 Å². The van der Waals surface area contributed by atoms with E-state index in [4.69, 9.17) is 37.0 Å². The first-order chi connectivity index (χ1) is 43.8. The SMILES string of the molecule is CCCCCC/C=C\C=C/CCCCCCCC(=O)O[C@H](COC(=O)CCCCCCCCCC(C)C)COP(=O)(O)OCC(O)COP(=O)(O)OC[C@@H](COC(=O)CCCCCCCCCCCC(C)C)OC(=O)CCCCCCCCCCCCC(C)CC. The first-order valence-electron chi connectivity index (χ1n) is 36.7. The van der Waals surface area contributed by atoms with E-state index in [1.807, 2.05) is 0 Å². The zero-order valence-corrected chi connectivity index (χ0v) is 60.6. The minimum Gasteiger partial charge on any atom is -0.462 e. The van der Waals surface area contributed by atoms with Crippen molar-refractivity contribution in [2.24, 2.45) is 17.8 Å². The van der Waals surface area contributed by atoms with Gasteiger partial charge in [0.15, 0.2) is 12.2 Å². The number of aliphatic hydroxyl groups excluding tert-OH is 1. The molecule has 0 bridgehead atoms. The summed E-state index contributed by atoms with van der Waals surface area (Å²) >= 11 is 0. The molecule has 536 valence electrons. The Morgan fingerprint density at radius 3 is 0.978 bits per heavy atom. The normalized spacial score (nSPS) is 14.6. The second-order valence-electron chi connectivity index (χ2n) is 26.5. The Kier molecular flexibility index (Phi) is 60.7. The van der Waals surface area contributed by atoms with E-state index in [1.165, 1.54) is 128 Å². The second-order valence-corrected chi connectivity index (χ2v) is 29.4. The van der Waals surface area contributed by atoms with Crippen molar-refractivity contribution in [3.63, 3.8) is 0 Å². The molecule has 91 heavy (non-hydrogen) atoms. The predicted octanol–water partition coefficient (Wildman–Crippen LogP) is 20.2. The van der Waals surface area contributed by atoms with Crippen LogP contribution in [-0.4, -0.2) is 96.7 Å². The zero-order valence-electron chi connectivity index (χ0n) is 58.8. The molecule has 0 aromatic carbocycles. The van der Waals surface area contributed by atoms with E-state index in [9.17, 15) is 43.2 Å². The van der Waals surface area contributed by atoms with Crippen LogP contribution in [0.1, 0.15) is 337 Å². The summed E-state index contributed by atoms with van der Waals surface area (Å²) in [5.74, 6) is 0.0899. The predicted molar refractivity (Wildman–Crippen MR) is 367 cm³/mol. The quantitative estimate of drug-likeness (QED) is 0.0169. The van der Waals surface area contributed by atoms with Crippen molar-refractivity contribution in [3.8, 4) is 0 Å². The number of hydrogen-bond donors (Lipinski definition) is 3. The molecule has 3 N–H and O–H groups in total. The molecule has 0 rings (SSSR count). The molecule has 6 atom stereocenters. The van der Waals surface area contributed by atoms with Crippen molar-refractivity contribution in [1.82, 2.24) is 0 Å². The monoisotopic (exact) mass is 1330 g/mol. The highest BCUT2D eigenvalue weighted by atomic mass is 31.2. The molecule has 0 spiro atoms. The van der Waals surface area contributed by atoms with Crippen LogP contribution in [0.15, 0.2) is 24.3 Å². The molecular formula is C72H136O17P2. The summed E-state index contributed by atoms with van der Waals surface area (Å²) in [6.07, 6.45) is 49.4. The summed E-state index contributed by atoms with van der Waals surface area (Å²) in [5, 5.41) is 10.6. The fraction of sp³-hybridized carbons (Fsp3) is 0.889. The molecule has 0 amide bonds. The Hall–Kier alpha value is -2.46. The third-order valence-electron chi connectivity index (χ3n) is 16.4. The fourth-order valence-corrected chi connectivity index (χ4v) is 11.9. The molecular weight excluding hydrogens is 1200 g/mol. The van der Waals surface area contributed by atoms with Gasteiger partial charge < -0.3 is 33.8 Å². The maximum absolute atomic E-state index is 13.0. The maximum atomic E-state index is 13.0. The third-order valence-corrected chi connectivity index (χ3v) is 18.3. The van der Waals surface area contributed by atoms with Gasteiger partial charge in [-0.2, -0.15) is 0 Å². The highest BCUT2D eigenvalue weighted by Crippen LogP contribution is 2.45. The molecule has 0 aromatic heterocycles. The van der Waals surface area contributed by atoms with Crippen LogP contribution in [0.2, 0.25) is 0 Å². The lowest BCUT2D eigenvalue weighted by atomic mass is 9.99. The first kappa shape index (κ1) is 88.5. The molecule has 0 aliphatic heterocycles. The number of aliphatic hydroxyl groups is 1. The average Bonchev–Trinajstić information content (AvgIpc) is 3.34. The van der Waals surface area contributed by atoms with Gasteiger partial charge in [-0.3, -0.25) is 37.3 Å². The van der Waals surface area contributed by atoms with Gasteiger partial charge in [-0.15, -0.1) is 0 Å². The minimum absolute atomic E-state index is 0.0838. The van der Waals surface area contributed by atoms with Gasteiger partial charge in [0.05, 0.1) is 26.4 Å². The average molecular weight is 1340 g/mol. The van der Waals surface area contributed by atoms with Crippen molar-refractivity contribution < 1.29 is 80.2 Å². The molecule has 0 saturated carbocycles. The molecule has 0 aliphatic rings. The van der Waals surface area contributed by atoms with Gasteiger partial charge in [-0.25, -0.2) is 9.13 Å². The summed E-state index contributed by atoms with van der Waals surface area (Å²) in [5.41, 5.74) is 0. The van der Waals surface area contributed by atoms with Crippen LogP contribution in [0.5, 0.6) is 0 Å². The second kappa shape index (κ2) is 62.4. The number of phosphoric acid groups is 2. The molecule has 0 aromatic rings. The van der Waals surface area contributed by atoms with Crippen molar-refractivity contribution in [2.45, 2.75) is 356 Å². The van der Waals surface area contributed by atoms with E-state index in [2.05, 4.69) is 72.8 Å². The summed E-state index contributed by atoms with van der Waals surface area (Å²) in [7, 11) is -9.92. The van der Waals surface area contributed by atoms with E-state index in [0.29, 0.717) is 31.6 Å². The summed E-state index contributed by atoms with van der Waals surface area (Å²) in [6, 6.07) is 0. The molecule has 0 saturated heterocycles. The van der Waals surface area contributed by atoms with Crippen molar-refractivity contribution in [3.05, 3.63) is 24.3 Å². The van der Waals surface area contributed by atoms with E-state index in [-0.39, 0.29) is 25.7 Å². The number of esters is 4. The Morgan fingerprint density at radius 1 is 0.363 bits per heavy atom. The largest absolute Gasteiger partial charge is 0.472 e. The van der Waals surface area contributed by atoms with Crippen molar-refractivity contribution in [2.75, 3.05) is 39.6 Å². The van der Waals surface area contributed by atoms with Crippen LogP contribution in [0.4, 0.5) is 0 Å². The number of rotatable bonds is 68. The summed E-state index contributed by atoms with van der Waals surface area (Å²) in [4.78, 5) is 72.6. The van der Waals surface area contributed by atoms with Gasteiger partial charge in [-0.05, 0) is 69.1 Å². The van der Waals surface area contributed by atoms with E-state index in [0.717, 1.165) is 121 Å². The Balaban J connectivity index is 5.30. The third kappa shape index (κ3) is 64.6. The lowest BCUT2D eigenvalue weighted by Crippen LogP contribution is -2.30. The molecule has 0 aliphatic carbocycles. The minimum atomic E-state index is -4.96. The molecule has 0 fully saturated rings. The van der Waals surface area contributed by atoms with Crippen LogP contribution in [0, 0.1) is 17.8 Å². The number of unbranched alkanes of at least 4 members (excludes halogenated alkanes) is 32. The number of allylic oxidation sites excluding steroid dienone is 4. The summed E-state index contributed by atoms with van der Waals surface area (Å²) < 4.78 is 68.3. The number of phosphoric ester groups is 2. The Bertz CT molecular complexity index is 1880. The number of hydrogen-bond acceptors (Lipinski definition) is 15. The number of carbonyl (C=O) groups excluding carboxylic acids is 4. The van der Waals surface area contributed by atoms with Gasteiger partial charge in [0.1, 0.15) is 19.3 Å². The van der Waals surface area contributed by atoms with E-state index < -0.39 is 97.5 Å². The first-order valence-corrected chi connectivity index (χ1v) is 39.7. The zero-order chi connectivity index (χ0) is 67.3. The molecule has 0 heterocycles.